The number of hydrogen-bond donors (Lipinski definition) is 1. The van der Waals surface area contributed by atoms with Crippen molar-refractivity contribution in [2.75, 3.05) is 24.6 Å². The maximum absolute atomic E-state index is 12.6. The number of Topliss-reactive ketones (excluding diaryl/α,β-unsaturated/α-hetero) is 1. The first-order valence-electron chi connectivity index (χ1n) is 10.4. The maximum atomic E-state index is 12.6. The van der Waals surface area contributed by atoms with Gasteiger partial charge in [-0.2, -0.15) is 0 Å². The second kappa shape index (κ2) is 9.90. The molecule has 0 amide bonds. The summed E-state index contributed by atoms with van der Waals surface area (Å²) in [4.78, 5) is 14.8. The van der Waals surface area contributed by atoms with Crippen molar-refractivity contribution in [3.8, 4) is 0 Å². The fraction of sp³-hybridized carbons (Fsp3) is 0.458. The lowest BCUT2D eigenvalue weighted by molar-refractivity contribution is 0.0451. The minimum Gasteiger partial charge on any atom is -0.453 e. The summed E-state index contributed by atoms with van der Waals surface area (Å²) in [5.41, 5.74) is 10.4. The number of ketones is 1. The van der Waals surface area contributed by atoms with E-state index in [1.165, 1.54) is 11.1 Å². The first kappa shape index (κ1) is 21.3. The molecule has 2 aromatic rings. The molecular weight excluding hydrogens is 364 g/mol. The second-order valence-corrected chi connectivity index (χ2v) is 8.02. The molecule has 1 unspecified atom stereocenters. The number of carbonyl (C=O) groups excluding carboxylic acids is 1. The molecule has 0 spiro atoms. The second-order valence-electron chi connectivity index (χ2n) is 8.02. The van der Waals surface area contributed by atoms with Crippen molar-refractivity contribution in [1.82, 2.24) is 0 Å². The van der Waals surface area contributed by atoms with E-state index in [9.17, 15) is 4.79 Å². The van der Waals surface area contributed by atoms with Crippen LogP contribution in [0.25, 0.3) is 11.0 Å². The Kier molecular flexibility index (Phi) is 7.29. The Balaban J connectivity index is 1.59. The number of furan rings is 1. The Morgan fingerprint density at radius 2 is 1.97 bits per heavy atom. The van der Waals surface area contributed by atoms with E-state index in [-0.39, 0.29) is 12.0 Å². The Morgan fingerprint density at radius 3 is 2.72 bits per heavy atom. The van der Waals surface area contributed by atoms with Crippen LogP contribution in [-0.2, 0) is 4.74 Å². The van der Waals surface area contributed by atoms with E-state index in [1.807, 2.05) is 18.2 Å². The van der Waals surface area contributed by atoms with Crippen molar-refractivity contribution >= 4 is 22.4 Å². The van der Waals surface area contributed by atoms with Gasteiger partial charge in [0.1, 0.15) is 11.8 Å². The van der Waals surface area contributed by atoms with Gasteiger partial charge in [-0.3, -0.25) is 4.79 Å². The Hall–Kier alpha value is -2.37. The third kappa shape index (κ3) is 6.05. The van der Waals surface area contributed by atoms with Crippen molar-refractivity contribution in [3.63, 3.8) is 0 Å². The van der Waals surface area contributed by atoms with Gasteiger partial charge in [-0.05, 0) is 64.3 Å². The highest BCUT2D eigenvalue weighted by atomic mass is 16.5. The average molecular weight is 397 g/mol. The highest BCUT2D eigenvalue weighted by Gasteiger charge is 2.18. The largest absolute Gasteiger partial charge is 0.453 e. The van der Waals surface area contributed by atoms with Crippen molar-refractivity contribution < 1.29 is 13.9 Å². The Labute approximate surface area is 173 Å². The van der Waals surface area contributed by atoms with E-state index < -0.39 is 0 Å². The van der Waals surface area contributed by atoms with Gasteiger partial charge in [0.2, 0.25) is 0 Å². The number of morpholine rings is 1. The number of nitrogens with zero attached hydrogens (tertiary/aromatic N) is 1. The summed E-state index contributed by atoms with van der Waals surface area (Å²) in [5.74, 6) is 0.482. The van der Waals surface area contributed by atoms with Crippen LogP contribution in [0.15, 0.2) is 52.0 Å². The third-order valence-electron chi connectivity index (χ3n) is 5.19. The Bertz CT molecular complexity index is 906. The number of fused-ring (bicyclic) bond motifs is 1. The minimum absolute atomic E-state index is 0.0458. The lowest BCUT2D eigenvalue weighted by atomic mass is 10.1. The molecule has 1 saturated heterocycles. The lowest BCUT2D eigenvalue weighted by Crippen LogP contribution is -2.46. The molecule has 3 rings (SSSR count). The molecule has 1 aromatic heterocycles. The number of anilines is 1. The lowest BCUT2D eigenvalue weighted by Gasteiger charge is -2.32. The van der Waals surface area contributed by atoms with Crippen LogP contribution >= 0.6 is 0 Å². The monoisotopic (exact) mass is 396 g/mol. The molecule has 1 atom stereocenters. The summed E-state index contributed by atoms with van der Waals surface area (Å²) in [5, 5.41) is 0.944. The van der Waals surface area contributed by atoms with Crippen molar-refractivity contribution in [2.45, 2.75) is 52.7 Å². The van der Waals surface area contributed by atoms with Crippen LogP contribution in [0, 0.1) is 0 Å². The summed E-state index contributed by atoms with van der Waals surface area (Å²) < 4.78 is 11.2. The quantitative estimate of drug-likeness (QED) is 0.490. The molecule has 1 aliphatic rings. The molecule has 0 saturated carbocycles. The van der Waals surface area contributed by atoms with E-state index in [0.717, 1.165) is 42.5 Å². The van der Waals surface area contributed by atoms with Gasteiger partial charge in [-0.1, -0.05) is 23.3 Å². The van der Waals surface area contributed by atoms with Crippen LogP contribution in [0.5, 0.6) is 0 Å². The molecule has 29 heavy (non-hydrogen) atoms. The molecule has 0 aliphatic carbocycles. The van der Waals surface area contributed by atoms with Crippen LogP contribution in [0.4, 0.5) is 5.69 Å². The average Bonchev–Trinajstić information content (AvgIpc) is 3.11. The summed E-state index contributed by atoms with van der Waals surface area (Å²) >= 11 is 0. The number of nitrogens with two attached hydrogens (primary N) is 1. The fourth-order valence-electron chi connectivity index (χ4n) is 3.54. The van der Waals surface area contributed by atoms with Gasteiger partial charge in [0.05, 0.1) is 13.2 Å². The summed E-state index contributed by atoms with van der Waals surface area (Å²) in [6.45, 7) is 8.45. The van der Waals surface area contributed by atoms with Gasteiger partial charge < -0.3 is 19.8 Å². The number of ether oxygens (including phenoxy) is 1. The standard InChI is InChI=1S/C24H32N2O3/c1-17(2)6-4-7-18(3)8-5-9-21(27)23-15-19-14-20(10-11-22(19)29-23)26-12-13-28-24(25)16-26/h6,8,10-11,14-15,24H,4-5,7,9,12-13,16,25H2,1-3H3/b18-8+. The van der Waals surface area contributed by atoms with E-state index >= 15 is 0 Å². The van der Waals surface area contributed by atoms with Gasteiger partial charge >= 0.3 is 0 Å². The van der Waals surface area contributed by atoms with Crippen molar-refractivity contribution in [1.29, 1.82) is 0 Å². The first-order valence-corrected chi connectivity index (χ1v) is 10.4. The SMILES string of the molecule is CC(C)=CCC/C(C)=C/CCC(=O)c1cc2cc(N3CCOC(N)C3)ccc2o1. The highest BCUT2D eigenvalue weighted by molar-refractivity contribution is 5.98. The van der Waals surface area contributed by atoms with Crippen LogP contribution < -0.4 is 10.6 Å². The molecule has 2 heterocycles. The predicted molar refractivity (Wildman–Crippen MR) is 118 cm³/mol. The molecule has 0 bridgehead atoms. The number of benzene rings is 1. The zero-order valence-electron chi connectivity index (χ0n) is 17.7. The van der Waals surface area contributed by atoms with Gasteiger partial charge in [0.15, 0.2) is 11.5 Å². The maximum Gasteiger partial charge on any atom is 0.198 e. The first-order chi connectivity index (χ1) is 13.9. The molecule has 5 nitrogen and oxygen atoms in total. The van der Waals surface area contributed by atoms with Gasteiger partial charge in [0, 0.05) is 24.0 Å². The van der Waals surface area contributed by atoms with Crippen LogP contribution in [0.1, 0.15) is 57.0 Å². The highest BCUT2D eigenvalue weighted by Crippen LogP contribution is 2.27. The predicted octanol–water partition coefficient (Wildman–Crippen LogP) is 5.21. The molecule has 156 valence electrons. The molecular formula is C24H32N2O3. The topological polar surface area (TPSA) is 68.7 Å². The van der Waals surface area contributed by atoms with Gasteiger partial charge in [-0.25, -0.2) is 0 Å². The molecule has 1 fully saturated rings. The zero-order valence-corrected chi connectivity index (χ0v) is 17.7. The van der Waals surface area contributed by atoms with E-state index in [4.69, 9.17) is 14.9 Å². The Morgan fingerprint density at radius 1 is 1.17 bits per heavy atom. The van der Waals surface area contributed by atoms with Crippen molar-refractivity contribution in [3.05, 3.63) is 53.3 Å². The van der Waals surface area contributed by atoms with Crippen molar-refractivity contribution in [2.24, 2.45) is 5.73 Å². The number of hydrogen-bond acceptors (Lipinski definition) is 5. The third-order valence-corrected chi connectivity index (χ3v) is 5.19. The van der Waals surface area contributed by atoms with Crippen LogP contribution in [-0.4, -0.2) is 31.7 Å². The normalized spacial score (nSPS) is 17.6. The summed E-state index contributed by atoms with van der Waals surface area (Å²) in [7, 11) is 0. The zero-order chi connectivity index (χ0) is 20.8. The van der Waals surface area contributed by atoms with E-state index in [1.54, 1.807) is 0 Å². The minimum atomic E-state index is -0.264. The molecule has 0 radical (unpaired) electrons. The molecule has 5 heteroatoms. The summed E-state index contributed by atoms with van der Waals surface area (Å²) in [6.07, 6.45) is 7.45. The van der Waals surface area contributed by atoms with Crippen LogP contribution in [0.2, 0.25) is 0 Å². The van der Waals surface area contributed by atoms with Gasteiger partial charge in [0.25, 0.3) is 0 Å². The summed E-state index contributed by atoms with van der Waals surface area (Å²) in [6, 6.07) is 7.85. The van der Waals surface area contributed by atoms with E-state index in [2.05, 4.69) is 43.9 Å². The molecule has 1 aromatic carbocycles. The molecule has 2 N–H and O–H groups in total. The van der Waals surface area contributed by atoms with Crippen LogP contribution in [0.3, 0.4) is 0 Å². The number of carbonyl (C=O) groups is 1. The van der Waals surface area contributed by atoms with E-state index in [0.29, 0.717) is 25.3 Å². The number of rotatable bonds is 8. The smallest absolute Gasteiger partial charge is 0.198 e. The van der Waals surface area contributed by atoms with Gasteiger partial charge in [-0.15, -0.1) is 0 Å². The molecule has 1 aliphatic heterocycles. The number of allylic oxidation sites excluding steroid dienone is 4. The fourth-order valence-corrected chi connectivity index (χ4v) is 3.54.